The van der Waals surface area contributed by atoms with Crippen LogP contribution in [0.4, 0.5) is 5.69 Å². The van der Waals surface area contributed by atoms with Crippen molar-refractivity contribution in [3.8, 4) is 5.75 Å². The summed E-state index contributed by atoms with van der Waals surface area (Å²) in [5, 5.41) is 2.85. The summed E-state index contributed by atoms with van der Waals surface area (Å²) >= 11 is 3.26. The summed E-state index contributed by atoms with van der Waals surface area (Å²) in [7, 11) is 0. The predicted molar refractivity (Wildman–Crippen MR) is 75.2 cm³/mol. The zero-order valence-corrected chi connectivity index (χ0v) is 11.6. The Labute approximate surface area is 118 Å². The maximum Gasteiger partial charge on any atom is 0.235 e. The highest BCUT2D eigenvalue weighted by atomic mass is 79.9. The number of rotatable bonds is 2. The number of halogens is 1. The second kappa shape index (κ2) is 5.01. The Morgan fingerprint density at radius 1 is 1.32 bits per heavy atom. The fourth-order valence-corrected chi connectivity index (χ4v) is 2.29. The Morgan fingerprint density at radius 3 is 2.95 bits per heavy atom. The molecule has 1 N–H and O–H groups in total. The molecule has 0 fully saturated rings. The lowest BCUT2D eigenvalue weighted by Gasteiger charge is -2.09. The minimum absolute atomic E-state index is 0.0749. The van der Waals surface area contributed by atoms with Gasteiger partial charge in [-0.3, -0.25) is 4.79 Å². The van der Waals surface area contributed by atoms with Gasteiger partial charge in [0.25, 0.3) is 0 Å². The normalized spacial score (nSPS) is 16.6. The second-order valence-corrected chi connectivity index (χ2v) is 5.07. The van der Waals surface area contributed by atoms with Crippen LogP contribution in [0.5, 0.6) is 5.75 Å². The van der Waals surface area contributed by atoms with Crippen LogP contribution in [0.15, 0.2) is 47.2 Å². The van der Waals surface area contributed by atoms with Gasteiger partial charge in [-0.2, -0.15) is 0 Å². The van der Waals surface area contributed by atoms with Gasteiger partial charge in [0.1, 0.15) is 22.9 Å². The maximum absolute atomic E-state index is 12.2. The highest BCUT2D eigenvalue weighted by Crippen LogP contribution is 2.34. The zero-order valence-electron chi connectivity index (χ0n) is 9.97. The number of pyridine rings is 1. The topological polar surface area (TPSA) is 51.2 Å². The van der Waals surface area contributed by atoms with Gasteiger partial charge >= 0.3 is 0 Å². The molecule has 0 spiro atoms. The van der Waals surface area contributed by atoms with Gasteiger partial charge in [-0.05, 0) is 34.1 Å². The zero-order chi connectivity index (χ0) is 13.2. The van der Waals surface area contributed by atoms with E-state index in [1.165, 1.54) is 0 Å². The van der Waals surface area contributed by atoms with Gasteiger partial charge in [0.05, 0.1) is 11.9 Å². The lowest BCUT2D eigenvalue weighted by Crippen LogP contribution is -2.22. The van der Waals surface area contributed by atoms with E-state index in [9.17, 15) is 4.79 Å². The van der Waals surface area contributed by atoms with E-state index in [0.717, 1.165) is 15.9 Å². The molecule has 1 aromatic heterocycles. The van der Waals surface area contributed by atoms with E-state index in [2.05, 4.69) is 26.2 Å². The molecule has 2 aromatic rings. The molecule has 0 aliphatic carbocycles. The van der Waals surface area contributed by atoms with Crippen molar-refractivity contribution in [2.24, 2.45) is 0 Å². The fraction of sp³-hybridized carbons (Fsp3) is 0.143. The number of hydrogen-bond acceptors (Lipinski definition) is 3. The summed E-state index contributed by atoms with van der Waals surface area (Å²) in [6.45, 7) is 0.384. The number of amides is 1. The first-order valence-electron chi connectivity index (χ1n) is 5.88. The van der Waals surface area contributed by atoms with Crippen molar-refractivity contribution >= 4 is 27.5 Å². The second-order valence-electron chi connectivity index (χ2n) is 4.26. The predicted octanol–water partition coefficient (Wildman–Crippen LogP) is 2.96. The number of aromatic nitrogens is 1. The first kappa shape index (κ1) is 12.2. The number of carbonyl (C=O) groups excluding carboxylic acids is 1. The average molecular weight is 319 g/mol. The summed E-state index contributed by atoms with van der Waals surface area (Å²) in [4.78, 5) is 16.3. The van der Waals surface area contributed by atoms with Gasteiger partial charge < -0.3 is 10.1 Å². The van der Waals surface area contributed by atoms with Crippen LogP contribution >= 0.6 is 15.9 Å². The third-order valence-electron chi connectivity index (χ3n) is 3.01. The Balaban J connectivity index is 1.77. The lowest BCUT2D eigenvalue weighted by molar-refractivity contribution is -0.117. The number of carbonyl (C=O) groups is 1. The fourth-order valence-electron chi connectivity index (χ4n) is 2.06. The van der Waals surface area contributed by atoms with E-state index < -0.39 is 0 Å². The Kier molecular flexibility index (Phi) is 3.21. The van der Waals surface area contributed by atoms with Crippen molar-refractivity contribution in [2.75, 3.05) is 11.9 Å². The van der Waals surface area contributed by atoms with E-state index in [0.29, 0.717) is 12.3 Å². The number of para-hydroxylation sites is 1. The summed E-state index contributed by atoms with van der Waals surface area (Å²) in [6.07, 6.45) is 1.61. The highest BCUT2D eigenvalue weighted by molar-refractivity contribution is 9.10. The Morgan fingerprint density at radius 2 is 2.16 bits per heavy atom. The smallest absolute Gasteiger partial charge is 0.235 e. The molecule has 1 atom stereocenters. The van der Waals surface area contributed by atoms with Crippen molar-refractivity contribution < 1.29 is 9.53 Å². The van der Waals surface area contributed by atoms with Crippen LogP contribution in [0.3, 0.4) is 0 Å². The number of hydrogen-bond donors (Lipinski definition) is 1. The molecule has 1 unspecified atom stereocenters. The Hall–Kier alpha value is -1.88. The molecule has 1 aliphatic rings. The molecule has 19 heavy (non-hydrogen) atoms. The monoisotopic (exact) mass is 318 g/mol. The molecule has 3 rings (SSSR count). The lowest BCUT2D eigenvalue weighted by atomic mass is 10.0. The van der Waals surface area contributed by atoms with Crippen molar-refractivity contribution in [2.45, 2.75) is 5.92 Å². The van der Waals surface area contributed by atoms with E-state index >= 15 is 0 Å². The molecular weight excluding hydrogens is 308 g/mol. The highest BCUT2D eigenvalue weighted by Gasteiger charge is 2.29. The number of nitrogens with zero attached hydrogens (tertiary/aromatic N) is 1. The molecule has 1 aliphatic heterocycles. The molecule has 5 heteroatoms. The van der Waals surface area contributed by atoms with Gasteiger partial charge in [-0.25, -0.2) is 4.98 Å². The van der Waals surface area contributed by atoms with Crippen molar-refractivity contribution in [3.05, 3.63) is 52.8 Å². The van der Waals surface area contributed by atoms with Gasteiger partial charge in [0.2, 0.25) is 5.91 Å². The summed E-state index contributed by atoms with van der Waals surface area (Å²) in [5.74, 6) is 0.450. The van der Waals surface area contributed by atoms with Gasteiger partial charge in [0, 0.05) is 5.56 Å². The molecule has 2 heterocycles. The van der Waals surface area contributed by atoms with E-state index in [-0.39, 0.29) is 11.8 Å². The molecule has 96 valence electrons. The van der Waals surface area contributed by atoms with Gasteiger partial charge in [0.15, 0.2) is 0 Å². The molecule has 4 nitrogen and oxygen atoms in total. The van der Waals surface area contributed by atoms with Crippen LogP contribution in [0.2, 0.25) is 0 Å². The molecule has 1 amide bonds. The van der Waals surface area contributed by atoms with E-state index in [4.69, 9.17) is 4.74 Å². The van der Waals surface area contributed by atoms with Crippen LogP contribution in [0, 0.1) is 0 Å². The minimum Gasteiger partial charge on any atom is -0.492 e. The quantitative estimate of drug-likeness (QED) is 0.866. The minimum atomic E-state index is -0.264. The number of nitrogens with one attached hydrogen (secondary N) is 1. The Bertz CT molecular complexity index is 613. The van der Waals surface area contributed by atoms with Crippen LogP contribution < -0.4 is 10.1 Å². The van der Waals surface area contributed by atoms with Crippen LogP contribution in [0.1, 0.15) is 11.5 Å². The SMILES string of the molecule is O=C(Nc1ccc(Br)nc1)C1COc2ccccc21. The van der Waals surface area contributed by atoms with Crippen LogP contribution in [-0.4, -0.2) is 17.5 Å². The summed E-state index contributed by atoms with van der Waals surface area (Å²) < 4.78 is 6.24. The van der Waals surface area contributed by atoms with Crippen molar-refractivity contribution in [3.63, 3.8) is 0 Å². The average Bonchev–Trinajstić information content (AvgIpc) is 2.85. The maximum atomic E-state index is 12.2. The van der Waals surface area contributed by atoms with Crippen molar-refractivity contribution in [1.82, 2.24) is 4.98 Å². The number of anilines is 1. The third-order valence-corrected chi connectivity index (χ3v) is 3.48. The van der Waals surface area contributed by atoms with E-state index in [1.54, 1.807) is 18.3 Å². The molecule has 0 saturated heterocycles. The molecule has 0 saturated carbocycles. The first-order chi connectivity index (χ1) is 9.24. The number of ether oxygens (including phenoxy) is 1. The summed E-state index contributed by atoms with van der Waals surface area (Å²) in [5.41, 5.74) is 1.61. The van der Waals surface area contributed by atoms with Gasteiger partial charge in [-0.1, -0.05) is 18.2 Å². The third kappa shape index (κ3) is 2.46. The van der Waals surface area contributed by atoms with Gasteiger partial charge in [-0.15, -0.1) is 0 Å². The van der Waals surface area contributed by atoms with Crippen LogP contribution in [-0.2, 0) is 4.79 Å². The largest absolute Gasteiger partial charge is 0.492 e. The van der Waals surface area contributed by atoms with Crippen molar-refractivity contribution in [1.29, 1.82) is 0 Å². The number of fused-ring (bicyclic) bond motifs is 1. The summed E-state index contributed by atoms with van der Waals surface area (Å²) in [6, 6.07) is 11.2. The standard InChI is InChI=1S/C14H11BrN2O2/c15-13-6-5-9(7-16-13)17-14(18)11-8-19-12-4-2-1-3-10(11)12/h1-7,11H,8H2,(H,17,18). The molecule has 0 bridgehead atoms. The number of benzene rings is 1. The molecule has 0 radical (unpaired) electrons. The first-order valence-corrected chi connectivity index (χ1v) is 6.67. The van der Waals surface area contributed by atoms with E-state index in [1.807, 2.05) is 24.3 Å². The molecule has 1 aromatic carbocycles. The molecular formula is C14H11BrN2O2. The van der Waals surface area contributed by atoms with Crippen LogP contribution in [0.25, 0.3) is 0 Å².